The number of H-pyrrole nitrogens is 1. The molecule has 1 fully saturated rings. The van der Waals surface area contributed by atoms with Crippen molar-refractivity contribution in [2.75, 3.05) is 6.54 Å². The third kappa shape index (κ3) is 2.48. The summed E-state index contributed by atoms with van der Waals surface area (Å²) in [7, 11) is 0. The highest BCUT2D eigenvalue weighted by atomic mass is 16.2. The van der Waals surface area contributed by atoms with E-state index < -0.39 is 0 Å². The quantitative estimate of drug-likeness (QED) is 0.790. The molecule has 1 aromatic carbocycles. The van der Waals surface area contributed by atoms with E-state index in [4.69, 9.17) is 0 Å². The average Bonchev–Trinajstić information content (AvgIpc) is 3.11. The number of carbonyl (C=O) groups is 1. The zero-order chi connectivity index (χ0) is 16.5. The number of nitrogens with zero attached hydrogens (tertiary/aromatic N) is 2. The van der Waals surface area contributed by atoms with Gasteiger partial charge in [-0.1, -0.05) is 18.2 Å². The van der Waals surface area contributed by atoms with E-state index in [0.29, 0.717) is 17.6 Å². The van der Waals surface area contributed by atoms with Crippen LogP contribution in [-0.4, -0.2) is 27.3 Å². The van der Waals surface area contributed by atoms with Crippen LogP contribution in [0.5, 0.6) is 0 Å². The van der Waals surface area contributed by atoms with E-state index >= 15 is 0 Å². The number of fused-ring (bicyclic) bond motifs is 1. The lowest BCUT2D eigenvalue weighted by atomic mass is 10.1. The van der Waals surface area contributed by atoms with Crippen molar-refractivity contribution in [2.24, 2.45) is 0 Å². The van der Waals surface area contributed by atoms with Crippen molar-refractivity contribution in [3.8, 4) is 0 Å². The summed E-state index contributed by atoms with van der Waals surface area (Å²) in [6.45, 7) is 0.695. The first-order chi connectivity index (χ1) is 11.7. The number of likely N-dealkylation sites (tertiary alicyclic amines) is 1. The lowest BCUT2D eigenvalue weighted by Crippen LogP contribution is -2.32. The number of rotatable bonds is 2. The van der Waals surface area contributed by atoms with E-state index in [0.717, 1.165) is 23.8 Å². The van der Waals surface area contributed by atoms with Crippen LogP contribution in [-0.2, 0) is 0 Å². The van der Waals surface area contributed by atoms with E-state index in [9.17, 15) is 9.59 Å². The van der Waals surface area contributed by atoms with Crippen molar-refractivity contribution in [3.63, 3.8) is 0 Å². The molecule has 0 saturated carbocycles. The Hall–Kier alpha value is -2.95. The van der Waals surface area contributed by atoms with E-state index in [1.165, 1.54) is 0 Å². The van der Waals surface area contributed by atoms with Gasteiger partial charge in [0, 0.05) is 24.3 Å². The maximum absolute atomic E-state index is 13.0. The molecule has 3 aromatic rings. The van der Waals surface area contributed by atoms with Gasteiger partial charge >= 0.3 is 0 Å². The Kier molecular flexibility index (Phi) is 3.61. The predicted octanol–water partition coefficient (Wildman–Crippen LogP) is 2.90. The molecule has 3 heterocycles. The summed E-state index contributed by atoms with van der Waals surface area (Å²) in [5, 5.41) is 1.38. The summed E-state index contributed by atoms with van der Waals surface area (Å²) in [6, 6.07) is 13.0. The number of benzene rings is 1. The number of carbonyl (C=O) groups excluding carboxylic acids is 1. The molecule has 1 aliphatic rings. The molecule has 5 nitrogen and oxygen atoms in total. The molecule has 1 atom stereocenters. The molecule has 0 spiro atoms. The fourth-order valence-corrected chi connectivity index (χ4v) is 3.42. The van der Waals surface area contributed by atoms with Crippen molar-refractivity contribution in [1.29, 1.82) is 0 Å². The summed E-state index contributed by atoms with van der Waals surface area (Å²) in [5.41, 5.74) is 1.20. The van der Waals surface area contributed by atoms with Crippen molar-refractivity contribution >= 4 is 16.7 Å². The van der Waals surface area contributed by atoms with Crippen molar-refractivity contribution in [2.45, 2.75) is 18.9 Å². The molecule has 1 unspecified atom stereocenters. The topological polar surface area (TPSA) is 66.1 Å². The minimum Gasteiger partial charge on any atom is -0.330 e. The molecule has 0 radical (unpaired) electrons. The van der Waals surface area contributed by atoms with Gasteiger partial charge in [0.2, 0.25) is 0 Å². The number of amides is 1. The first kappa shape index (κ1) is 14.6. The molecule has 1 aliphatic heterocycles. The molecule has 4 rings (SSSR count). The predicted molar refractivity (Wildman–Crippen MR) is 91.8 cm³/mol. The summed E-state index contributed by atoms with van der Waals surface area (Å²) in [5.74, 6) is -0.128. The smallest absolute Gasteiger partial charge is 0.270 e. The average molecular weight is 319 g/mol. The SMILES string of the molecule is O=C(c1cc2ccccc2c(=O)[nH]1)N1CCCC1c1ccncc1. The van der Waals surface area contributed by atoms with Gasteiger partial charge in [-0.3, -0.25) is 14.6 Å². The number of hydrogen-bond acceptors (Lipinski definition) is 3. The first-order valence-corrected chi connectivity index (χ1v) is 8.07. The molecule has 0 aliphatic carbocycles. The van der Waals surface area contributed by atoms with Gasteiger partial charge in [-0.2, -0.15) is 0 Å². The monoisotopic (exact) mass is 319 g/mol. The summed E-state index contributed by atoms with van der Waals surface area (Å²) >= 11 is 0. The Labute approximate surface area is 139 Å². The third-order valence-electron chi connectivity index (χ3n) is 4.59. The number of aromatic nitrogens is 2. The Balaban J connectivity index is 1.72. The Morgan fingerprint density at radius 2 is 1.96 bits per heavy atom. The van der Waals surface area contributed by atoms with Crippen LogP contribution in [0, 0.1) is 0 Å². The summed E-state index contributed by atoms with van der Waals surface area (Å²) in [4.78, 5) is 33.8. The minimum absolute atomic E-state index is 0.0375. The lowest BCUT2D eigenvalue weighted by Gasteiger charge is -2.25. The lowest BCUT2D eigenvalue weighted by molar-refractivity contribution is 0.0729. The molecule has 1 N–H and O–H groups in total. The van der Waals surface area contributed by atoms with Crippen molar-refractivity contribution < 1.29 is 4.79 Å². The number of hydrogen-bond donors (Lipinski definition) is 1. The van der Waals surface area contributed by atoms with Crippen LogP contribution in [0.2, 0.25) is 0 Å². The van der Waals surface area contributed by atoms with Crippen LogP contribution in [0.25, 0.3) is 10.8 Å². The molecular weight excluding hydrogens is 302 g/mol. The fraction of sp³-hybridized carbons (Fsp3) is 0.211. The Bertz CT molecular complexity index is 949. The van der Waals surface area contributed by atoms with E-state index in [1.54, 1.807) is 24.5 Å². The Morgan fingerprint density at radius 3 is 2.79 bits per heavy atom. The molecule has 1 saturated heterocycles. The second-order valence-corrected chi connectivity index (χ2v) is 6.04. The highest BCUT2D eigenvalue weighted by molar-refractivity contribution is 5.96. The van der Waals surface area contributed by atoms with Crippen LogP contribution in [0.4, 0.5) is 0 Å². The molecular formula is C19H17N3O2. The molecule has 1 amide bonds. The highest BCUT2D eigenvalue weighted by Gasteiger charge is 2.31. The summed E-state index contributed by atoms with van der Waals surface area (Å²) < 4.78 is 0. The van der Waals surface area contributed by atoms with Gasteiger partial charge in [0.05, 0.1) is 6.04 Å². The second-order valence-electron chi connectivity index (χ2n) is 6.04. The highest BCUT2D eigenvalue weighted by Crippen LogP contribution is 2.32. The van der Waals surface area contributed by atoms with Gasteiger partial charge < -0.3 is 9.88 Å². The van der Waals surface area contributed by atoms with Crippen LogP contribution in [0.3, 0.4) is 0 Å². The first-order valence-electron chi connectivity index (χ1n) is 8.07. The van der Waals surface area contributed by atoms with Crippen LogP contribution in [0.15, 0.2) is 59.7 Å². The summed E-state index contributed by atoms with van der Waals surface area (Å²) in [6.07, 6.45) is 5.37. The van der Waals surface area contributed by atoms with Crippen LogP contribution >= 0.6 is 0 Å². The molecule has 120 valence electrons. The molecule has 0 bridgehead atoms. The van der Waals surface area contributed by atoms with Gasteiger partial charge in [-0.05, 0) is 48.1 Å². The standard InChI is InChI=1S/C19H17N3O2/c23-18-15-5-2-1-4-14(15)12-16(21-18)19(24)22-11-3-6-17(22)13-7-9-20-10-8-13/h1-2,4-5,7-10,12,17H,3,6,11H2,(H,21,23). The number of aromatic amines is 1. The zero-order valence-electron chi connectivity index (χ0n) is 13.1. The van der Waals surface area contributed by atoms with E-state index in [-0.39, 0.29) is 17.5 Å². The number of nitrogens with one attached hydrogen (secondary N) is 1. The molecule has 2 aromatic heterocycles. The fourth-order valence-electron chi connectivity index (χ4n) is 3.42. The maximum atomic E-state index is 13.0. The van der Waals surface area contributed by atoms with E-state index in [2.05, 4.69) is 9.97 Å². The van der Waals surface area contributed by atoms with Gasteiger partial charge in [0.25, 0.3) is 11.5 Å². The van der Waals surface area contributed by atoms with Crippen LogP contribution < -0.4 is 5.56 Å². The molecule has 24 heavy (non-hydrogen) atoms. The Morgan fingerprint density at radius 1 is 1.17 bits per heavy atom. The molecule has 5 heteroatoms. The van der Waals surface area contributed by atoms with Gasteiger partial charge in [-0.15, -0.1) is 0 Å². The third-order valence-corrected chi connectivity index (χ3v) is 4.59. The number of pyridine rings is 2. The van der Waals surface area contributed by atoms with Crippen LogP contribution in [0.1, 0.15) is 34.9 Å². The maximum Gasteiger partial charge on any atom is 0.270 e. The van der Waals surface area contributed by atoms with Gasteiger partial charge in [0.15, 0.2) is 0 Å². The van der Waals surface area contributed by atoms with Gasteiger partial charge in [-0.25, -0.2) is 0 Å². The van der Waals surface area contributed by atoms with E-state index in [1.807, 2.05) is 35.2 Å². The second kappa shape index (κ2) is 5.92. The largest absolute Gasteiger partial charge is 0.330 e. The van der Waals surface area contributed by atoms with Gasteiger partial charge in [0.1, 0.15) is 5.69 Å². The zero-order valence-corrected chi connectivity index (χ0v) is 13.1. The van der Waals surface area contributed by atoms with Crippen molar-refractivity contribution in [1.82, 2.24) is 14.9 Å². The van der Waals surface area contributed by atoms with Crippen molar-refractivity contribution in [3.05, 3.63) is 76.5 Å². The normalized spacial score (nSPS) is 17.3. The minimum atomic E-state index is -0.226.